The van der Waals surface area contributed by atoms with Crippen LogP contribution < -0.4 is 11.2 Å². The van der Waals surface area contributed by atoms with E-state index < -0.39 is 28.7 Å². The van der Waals surface area contributed by atoms with Gasteiger partial charge in [0.25, 0.3) is 11.5 Å². The van der Waals surface area contributed by atoms with Gasteiger partial charge in [-0.15, -0.1) is 0 Å². The second kappa shape index (κ2) is 9.19. The Balaban J connectivity index is 1.78. The maximum absolute atomic E-state index is 13.7. The van der Waals surface area contributed by atoms with E-state index in [2.05, 4.69) is 5.10 Å². The first kappa shape index (κ1) is 22.1. The number of amides is 2. The molecule has 0 aliphatic carbocycles. The lowest BCUT2D eigenvalue weighted by Crippen LogP contribution is -2.52. The van der Waals surface area contributed by atoms with Gasteiger partial charge in [0.05, 0.1) is 12.2 Å². The number of piperazine rings is 1. The van der Waals surface area contributed by atoms with Crippen molar-refractivity contribution < 1.29 is 14.0 Å². The maximum Gasteiger partial charge on any atom is 0.352 e. The Bertz CT molecular complexity index is 1310. The molecule has 1 aromatic heterocycles. The summed E-state index contributed by atoms with van der Waals surface area (Å²) in [5.74, 6) is -1.21. The highest BCUT2D eigenvalue weighted by Crippen LogP contribution is 2.08. The van der Waals surface area contributed by atoms with Gasteiger partial charge >= 0.3 is 5.69 Å². The van der Waals surface area contributed by atoms with Gasteiger partial charge in [-0.3, -0.25) is 19.0 Å². The number of aromatic nitrogens is 3. The number of halogens is 1. The first-order valence-corrected chi connectivity index (χ1v) is 10.4. The van der Waals surface area contributed by atoms with Crippen molar-refractivity contribution in [1.82, 2.24) is 24.1 Å². The second-order valence-electron chi connectivity index (χ2n) is 7.70. The smallest absolute Gasteiger partial charge is 0.339 e. The molecule has 1 aliphatic heterocycles. The number of rotatable bonds is 4. The molecular weight excluding hydrogens is 429 g/mol. The lowest BCUT2D eigenvalue weighted by molar-refractivity contribution is -0.130. The fraction of sp³-hybridized carbons (Fsp3) is 0.261. The summed E-state index contributed by atoms with van der Waals surface area (Å²) in [5.41, 5.74) is -1.23. The minimum Gasteiger partial charge on any atom is -0.339 e. The van der Waals surface area contributed by atoms with Crippen LogP contribution in [0.25, 0.3) is 5.69 Å². The van der Waals surface area contributed by atoms with E-state index in [-0.39, 0.29) is 25.5 Å². The molecule has 0 bridgehead atoms. The van der Waals surface area contributed by atoms with Gasteiger partial charge in [-0.2, -0.15) is 9.78 Å². The van der Waals surface area contributed by atoms with Gasteiger partial charge in [-0.25, -0.2) is 9.18 Å². The highest BCUT2D eigenvalue weighted by molar-refractivity contribution is 5.92. The third kappa shape index (κ3) is 4.59. The van der Waals surface area contributed by atoms with Gasteiger partial charge in [-0.05, 0) is 29.8 Å². The van der Waals surface area contributed by atoms with Crippen molar-refractivity contribution in [3.05, 3.63) is 92.5 Å². The second-order valence-corrected chi connectivity index (χ2v) is 7.70. The van der Waals surface area contributed by atoms with Crippen LogP contribution in [0.4, 0.5) is 4.39 Å². The highest BCUT2D eigenvalue weighted by atomic mass is 19.1. The predicted molar refractivity (Wildman–Crippen MR) is 118 cm³/mol. The standard InChI is InChI=1S/C23H22FN5O4/c1-16(30)26-10-12-27(13-11-26)21(31)20-22(32)28(15-17-6-5-7-18(24)14-17)23(33)29(25-20)19-8-3-2-4-9-19/h2-9,14H,10-13,15H2,1H3. The molecule has 0 spiro atoms. The number of hydrogen-bond acceptors (Lipinski definition) is 5. The Morgan fingerprint density at radius 3 is 2.24 bits per heavy atom. The molecule has 33 heavy (non-hydrogen) atoms. The van der Waals surface area contributed by atoms with E-state index in [1.807, 2.05) is 0 Å². The molecule has 170 valence electrons. The van der Waals surface area contributed by atoms with E-state index in [4.69, 9.17) is 0 Å². The number of nitrogens with zero attached hydrogens (tertiary/aromatic N) is 5. The fourth-order valence-corrected chi connectivity index (χ4v) is 3.72. The molecule has 0 unspecified atom stereocenters. The van der Waals surface area contributed by atoms with Crippen molar-refractivity contribution in [2.24, 2.45) is 0 Å². The van der Waals surface area contributed by atoms with Gasteiger partial charge in [0.1, 0.15) is 5.82 Å². The van der Waals surface area contributed by atoms with E-state index >= 15 is 0 Å². The van der Waals surface area contributed by atoms with Gasteiger partial charge < -0.3 is 9.80 Å². The van der Waals surface area contributed by atoms with Gasteiger partial charge in [0.15, 0.2) is 0 Å². The number of benzene rings is 2. The lowest BCUT2D eigenvalue weighted by Gasteiger charge is -2.33. The molecule has 0 atom stereocenters. The molecule has 0 radical (unpaired) electrons. The minimum absolute atomic E-state index is 0.0877. The van der Waals surface area contributed by atoms with Crippen LogP contribution in [0.15, 0.2) is 64.2 Å². The summed E-state index contributed by atoms with van der Waals surface area (Å²) in [6.45, 7) is 2.42. The molecule has 2 aromatic carbocycles. The summed E-state index contributed by atoms with van der Waals surface area (Å²) in [7, 11) is 0. The third-order valence-electron chi connectivity index (χ3n) is 5.51. The molecule has 4 rings (SSSR count). The Labute approximate surface area is 188 Å². The van der Waals surface area contributed by atoms with Crippen LogP contribution >= 0.6 is 0 Å². The molecule has 9 nitrogen and oxygen atoms in total. The first-order valence-electron chi connectivity index (χ1n) is 10.4. The normalized spacial score (nSPS) is 13.8. The van der Waals surface area contributed by atoms with Crippen LogP contribution in [0.5, 0.6) is 0 Å². The van der Waals surface area contributed by atoms with Crippen molar-refractivity contribution >= 4 is 11.8 Å². The van der Waals surface area contributed by atoms with E-state index in [1.54, 1.807) is 41.3 Å². The molecule has 2 heterocycles. The van der Waals surface area contributed by atoms with E-state index in [0.29, 0.717) is 24.3 Å². The van der Waals surface area contributed by atoms with Crippen LogP contribution in [0.2, 0.25) is 0 Å². The Kier molecular flexibility index (Phi) is 6.16. The summed E-state index contributed by atoms with van der Waals surface area (Å²) in [4.78, 5) is 54.2. The molecule has 1 fully saturated rings. The van der Waals surface area contributed by atoms with Gasteiger partial charge in [-0.1, -0.05) is 30.3 Å². The van der Waals surface area contributed by atoms with Crippen molar-refractivity contribution in [3.8, 4) is 5.69 Å². The Morgan fingerprint density at radius 1 is 0.939 bits per heavy atom. The van der Waals surface area contributed by atoms with E-state index in [9.17, 15) is 23.6 Å². The fourth-order valence-electron chi connectivity index (χ4n) is 3.72. The third-order valence-corrected chi connectivity index (χ3v) is 5.51. The first-order chi connectivity index (χ1) is 15.8. The molecule has 3 aromatic rings. The van der Waals surface area contributed by atoms with E-state index in [0.717, 1.165) is 9.25 Å². The van der Waals surface area contributed by atoms with Crippen LogP contribution in [-0.2, 0) is 11.3 Å². The largest absolute Gasteiger partial charge is 0.352 e. The zero-order valence-electron chi connectivity index (χ0n) is 18.0. The topological polar surface area (TPSA) is 97.5 Å². The van der Waals surface area contributed by atoms with Crippen LogP contribution in [-0.4, -0.2) is 62.1 Å². The van der Waals surface area contributed by atoms with Crippen LogP contribution in [0.3, 0.4) is 0 Å². The summed E-state index contributed by atoms with van der Waals surface area (Å²) < 4.78 is 15.6. The lowest BCUT2D eigenvalue weighted by atomic mass is 10.2. The Hall–Kier alpha value is -4.08. The summed E-state index contributed by atoms with van der Waals surface area (Å²) >= 11 is 0. The highest BCUT2D eigenvalue weighted by Gasteiger charge is 2.28. The maximum atomic E-state index is 13.7. The number of carbonyl (C=O) groups is 2. The van der Waals surface area contributed by atoms with Crippen molar-refractivity contribution in [2.75, 3.05) is 26.2 Å². The average molecular weight is 451 g/mol. The van der Waals surface area contributed by atoms with E-state index in [1.165, 1.54) is 30.0 Å². The molecule has 2 amide bonds. The Morgan fingerprint density at radius 2 is 1.61 bits per heavy atom. The molecule has 0 N–H and O–H groups in total. The van der Waals surface area contributed by atoms with Crippen LogP contribution in [0, 0.1) is 5.82 Å². The van der Waals surface area contributed by atoms with Gasteiger partial charge in [0.2, 0.25) is 11.6 Å². The number of hydrogen-bond donors (Lipinski definition) is 0. The molecular formula is C23H22FN5O4. The minimum atomic E-state index is -0.851. The monoisotopic (exact) mass is 451 g/mol. The summed E-state index contributed by atoms with van der Waals surface area (Å²) in [5, 5.41) is 4.12. The van der Waals surface area contributed by atoms with Crippen molar-refractivity contribution in [2.45, 2.75) is 13.5 Å². The SMILES string of the molecule is CC(=O)N1CCN(C(=O)c2nn(-c3ccccc3)c(=O)n(Cc3cccc(F)c3)c2=O)CC1. The zero-order chi connectivity index (χ0) is 23.5. The molecule has 1 aliphatic rings. The van der Waals surface area contributed by atoms with Crippen molar-refractivity contribution in [1.29, 1.82) is 0 Å². The molecule has 10 heteroatoms. The summed E-state index contributed by atoms with van der Waals surface area (Å²) in [6, 6.07) is 14.0. The average Bonchev–Trinajstić information content (AvgIpc) is 2.82. The zero-order valence-corrected chi connectivity index (χ0v) is 18.0. The number of para-hydroxylation sites is 1. The summed E-state index contributed by atoms with van der Waals surface area (Å²) in [6.07, 6.45) is 0. The van der Waals surface area contributed by atoms with Crippen LogP contribution in [0.1, 0.15) is 23.0 Å². The van der Waals surface area contributed by atoms with Gasteiger partial charge in [0, 0.05) is 33.1 Å². The molecule has 1 saturated heterocycles. The predicted octanol–water partition coefficient (Wildman–Crippen LogP) is 0.886. The number of carbonyl (C=O) groups excluding carboxylic acids is 2. The van der Waals surface area contributed by atoms with Crippen molar-refractivity contribution in [3.63, 3.8) is 0 Å². The quantitative estimate of drug-likeness (QED) is 0.587. The molecule has 0 saturated carbocycles.